The van der Waals surface area contributed by atoms with Crippen LogP contribution in [0.5, 0.6) is 0 Å². The van der Waals surface area contributed by atoms with Gasteiger partial charge in [-0.3, -0.25) is 10.2 Å². The number of unbranched alkanes of at least 4 members (excludes halogenated alkanes) is 1. The summed E-state index contributed by atoms with van der Waals surface area (Å²) in [5.41, 5.74) is 2.10. The summed E-state index contributed by atoms with van der Waals surface area (Å²) in [6, 6.07) is 0. The van der Waals surface area contributed by atoms with E-state index in [1.165, 1.54) is 12.8 Å². The van der Waals surface area contributed by atoms with Crippen LogP contribution in [-0.2, 0) is 9.53 Å². The van der Waals surface area contributed by atoms with Crippen LogP contribution >= 0.6 is 0 Å². The van der Waals surface area contributed by atoms with Gasteiger partial charge in [0.15, 0.2) is 0 Å². The molecule has 0 heterocycles. The lowest BCUT2D eigenvalue weighted by Crippen LogP contribution is -2.29. The van der Waals surface area contributed by atoms with Crippen molar-refractivity contribution in [2.45, 2.75) is 32.1 Å². The van der Waals surface area contributed by atoms with Gasteiger partial charge in [-0.05, 0) is 31.6 Å². The molecule has 76 valence electrons. The molecule has 0 aromatic carbocycles. The van der Waals surface area contributed by atoms with Crippen LogP contribution < -0.4 is 11.3 Å². The normalized spacial score (nSPS) is 15.8. The van der Waals surface area contributed by atoms with Gasteiger partial charge in [-0.15, -0.1) is 0 Å². The minimum Gasteiger partial charge on any atom is -0.381 e. The second-order valence-corrected chi connectivity index (χ2v) is 3.54. The third-order valence-electron chi connectivity index (χ3n) is 2.15. The van der Waals surface area contributed by atoms with Crippen LogP contribution in [0.3, 0.4) is 0 Å². The molecule has 0 aromatic heterocycles. The molecule has 1 fully saturated rings. The van der Waals surface area contributed by atoms with Gasteiger partial charge >= 0.3 is 0 Å². The Morgan fingerprint density at radius 1 is 1.46 bits per heavy atom. The summed E-state index contributed by atoms with van der Waals surface area (Å²) in [5, 5.41) is 0. The number of ether oxygens (including phenoxy) is 1. The highest BCUT2D eigenvalue weighted by molar-refractivity contribution is 5.74. The first kappa shape index (κ1) is 10.5. The number of hydrazine groups is 1. The zero-order valence-corrected chi connectivity index (χ0v) is 7.92. The monoisotopic (exact) mass is 186 g/mol. The van der Waals surface area contributed by atoms with Crippen molar-refractivity contribution in [1.82, 2.24) is 5.43 Å². The standard InChI is InChI=1S/C9H18N2O2/c10-11-9(12)3-1-2-6-13-7-8-4-5-8/h8H,1-7,10H2,(H,11,12). The molecule has 3 N–H and O–H groups in total. The van der Waals surface area contributed by atoms with Crippen LogP contribution in [0, 0.1) is 5.92 Å². The van der Waals surface area contributed by atoms with Crippen LogP contribution in [-0.4, -0.2) is 19.1 Å². The average Bonchev–Trinajstić information content (AvgIpc) is 2.94. The van der Waals surface area contributed by atoms with Gasteiger partial charge in [0.05, 0.1) is 0 Å². The van der Waals surface area contributed by atoms with E-state index in [4.69, 9.17) is 10.6 Å². The second kappa shape index (κ2) is 5.94. The molecule has 1 saturated carbocycles. The Hall–Kier alpha value is -0.610. The highest BCUT2D eigenvalue weighted by Gasteiger charge is 2.20. The number of carbonyl (C=O) groups excluding carboxylic acids is 1. The molecule has 4 nitrogen and oxygen atoms in total. The maximum Gasteiger partial charge on any atom is 0.233 e. The van der Waals surface area contributed by atoms with E-state index < -0.39 is 0 Å². The quantitative estimate of drug-likeness (QED) is 0.264. The van der Waals surface area contributed by atoms with Crippen LogP contribution in [0.4, 0.5) is 0 Å². The molecule has 0 radical (unpaired) electrons. The van der Waals surface area contributed by atoms with Gasteiger partial charge in [0, 0.05) is 19.6 Å². The maximum atomic E-state index is 10.7. The lowest BCUT2D eigenvalue weighted by molar-refractivity contribution is -0.121. The summed E-state index contributed by atoms with van der Waals surface area (Å²) >= 11 is 0. The van der Waals surface area contributed by atoms with E-state index in [0.29, 0.717) is 6.42 Å². The molecule has 1 amide bonds. The van der Waals surface area contributed by atoms with Crippen molar-refractivity contribution in [3.05, 3.63) is 0 Å². The molecule has 0 unspecified atom stereocenters. The Labute approximate surface area is 78.8 Å². The number of hydrogen-bond donors (Lipinski definition) is 2. The zero-order chi connectivity index (χ0) is 9.52. The van der Waals surface area contributed by atoms with Crippen molar-refractivity contribution in [2.75, 3.05) is 13.2 Å². The first-order valence-electron chi connectivity index (χ1n) is 4.90. The van der Waals surface area contributed by atoms with Gasteiger partial charge in [0.1, 0.15) is 0 Å². The summed E-state index contributed by atoms with van der Waals surface area (Å²) in [7, 11) is 0. The summed E-state index contributed by atoms with van der Waals surface area (Å²) < 4.78 is 5.41. The van der Waals surface area contributed by atoms with E-state index in [1.54, 1.807) is 0 Å². The SMILES string of the molecule is NNC(=O)CCCCOCC1CC1. The van der Waals surface area contributed by atoms with Crippen molar-refractivity contribution in [3.8, 4) is 0 Å². The molecule has 0 atom stereocenters. The van der Waals surface area contributed by atoms with E-state index in [9.17, 15) is 4.79 Å². The highest BCUT2D eigenvalue weighted by Crippen LogP contribution is 2.28. The molecule has 0 aliphatic heterocycles. The third kappa shape index (κ3) is 5.60. The van der Waals surface area contributed by atoms with Crippen LogP contribution in [0.2, 0.25) is 0 Å². The topological polar surface area (TPSA) is 64.3 Å². The van der Waals surface area contributed by atoms with Crippen LogP contribution in [0.1, 0.15) is 32.1 Å². The van der Waals surface area contributed by atoms with Crippen LogP contribution in [0.25, 0.3) is 0 Å². The average molecular weight is 186 g/mol. The summed E-state index contributed by atoms with van der Waals surface area (Å²) in [4.78, 5) is 10.7. The van der Waals surface area contributed by atoms with E-state index in [1.807, 2.05) is 0 Å². The molecule has 1 aliphatic carbocycles. The minimum atomic E-state index is -0.0952. The Bertz CT molecular complexity index is 158. The maximum absolute atomic E-state index is 10.7. The first-order valence-corrected chi connectivity index (χ1v) is 4.90. The number of nitrogens with one attached hydrogen (secondary N) is 1. The summed E-state index contributed by atoms with van der Waals surface area (Å²) in [6.07, 6.45) is 4.96. The predicted molar refractivity (Wildman–Crippen MR) is 49.7 cm³/mol. The van der Waals surface area contributed by atoms with E-state index >= 15 is 0 Å². The van der Waals surface area contributed by atoms with Crippen molar-refractivity contribution in [3.63, 3.8) is 0 Å². The number of hydrogen-bond acceptors (Lipinski definition) is 3. The van der Waals surface area contributed by atoms with Gasteiger partial charge in [-0.2, -0.15) is 0 Å². The molecule has 1 aliphatic rings. The summed E-state index contributed by atoms with van der Waals surface area (Å²) in [6.45, 7) is 1.68. The Kier molecular flexibility index (Phi) is 4.78. The lowest BCUT2D eigenvalue weighted by Gasteiger charge is -2.02. The highest BCUT2D eigenvalue weighted by atomic mass is 16.5. The van der Waals surface area contributed by atoms with E-state index in [0.717, 1.165) is 32.0 Å². The molecule has 13 heavy (non-hydrogen) atoms. The third-order valence-corrected chi connectivity index (χ3v) is 2.15. The van der Waals surface area contributed by atoms with E-state index in [-0.39, 0.29) is 5.91 Å². The predicted octanol–water partition coefficient (Wildman–Crippen LogP) is 0.573. The molecule has 0 spiro atoms. The largest absolute Gasteiger partial charge is 0.381 e. The fraction of sp³-hybridized carbons (Fsp3) is 0.889. The van der Waals surface area contributed by atoms with Gasteiger partial charge in [-0.1, -0.05) is 0 Å². The molecule has 0 bridgehead atoms. The molecular weight excluding hydrogens is 168 g/mol. The van der Waals surface area contributed by atoms with Crippen LogP contribution in [0.15, 0.2) is 0 Å². The first-order chi connectivity index (χ1) is 6.33. The van der Waals surface area contributed by atoms with Gasteiger partial charge in [-0.25, -0.2) is 5.84 Å². The van der Waals surface area contributed by atoms with Gasteiger partial charge in [0.25, 0.3) is 0 Å². The summed E-state index contributed by atoms with van der Waals surface area (Å²) in [5.74, 6) is 5.66. The number of carbonyl (C=O) groups is 1. The molecule has 4 heteroatoms. The Morgan fingerprint density at radius 2 is 2.23 bits per heavy atom. The smallest absolute Gasteiger partial charge is 0.233 e. The molecule has 0 saturated heterocycles. The van der Waals surface area contributed by atoms with Crippen molar-refractivity contribution >= 4 is 5.91 Å². The molecule has 0 aromatic rings. The van der Waals surface area contributed by atoms with E-state index in [2.05, 4.69) is 5.43 Å². The lowest BCUT2D eigenvalue weighted by atomic mass is 10.2. The van der Waals surface area contributed by atoms with Crippen molar-refractivity contribution in [1.29, 1.82) is 0 Å². The fourth-order valence-electron chi connectivity index (χ4n) is 1.10. The zero-order valence-electron chi connectivity index (χ0n) is 7.92. The molecule has 1 rings (SSSR count). The second-order valence-electron chi connectivity index (χ2n) is 3.54. The van der Waals surface area contributed by atoms with Gasteiger partial charge < -0.3 is 4.74 Å². The molecular formula is C9H18N2O2. The van der Waals surface area contributed by atoms with Crippen molar-refractivity contribution < 1.29 is 9.53 Å². The number of amides is 1. The Morgan fingerprint density at radius 3 is 2.85 bits per heavy atom. The Balaban J connectivity index is 1.75. The number of rotatable bonds is 7. The minimum absolute atomic E-state index is 0.0952. The fourth-order valence-corrected chi connectivity index (χ4v) is 1.10. The van der Waals surface area contributed by atoms with Crippen molar-refractivity contribution in [2.24, 2.45) is 11.8 Å². The number of nitrogens with two attached hydrogens (primary N) is 1. The van der Waals surface area contributed by atoms with Gasteiger partial charge in [0.2, 0.25) is 5.91 Å².